The van der Waals surface area contributed by atoms with Gasteiger partial charge in [0.05, 0.1) is 5.69 Å². The number of sulfonamides is 1. The molecule has 0 aliphatic carbocycles. The van der Waals surface area contributed by atoms with Gasteiger partial charge in [-0.25, -0.2) is 17.8 Å². The van der Waals surface area contributed by atoms with E-state index < -0.39 is 15.9 Å². The van der Waals surface area contributed by atoms with Crippen LogP contribution >= 0.6 is 0 Å². The van der Waals surface area contributed by atoms with E-state index in [1.807, 2.05) is 61.5 Å². The lowest BCUT2D eigenvalue weighted by Crippen LogP contribution is -2.34. The summed E-state index contributed by atoms with van der Waals surface area (Å²) in [5.74, 6) is -0.0189. The number of rotatable bonds is 8. The maximum atomic E-state index is 12.7. The van der Waals surface area contributed by atoms with Crippen molar-refractivity contribution in [1.29, 1.82) is 0 Å². The maximum absolute atomic E-state index is 12.7. The Labute approximate surface area is 196 Å². The lowest BCUT2D eigenvalue weighted by atomic mass is 10.1. The van der Waals surface area contributed by atoms with Gasteiger partial charge >= 0.3 is 0 Å². The number of ether oxygens (including phenoxy) is 1. The van der Waals surface area contributed by atoms with Crippen molar-refractivity contribution in [3.05, 3.63) is 77.3 Å². The number of amides is 1. The molecule has 2 aromatic carbocycles. The van der Waals surface area contributed by atoms with Gasteiger partial charge in [-0.2, -0.15) is 0 Å². The van der Waals surface area contributed by atoms with Crippen LogP contribution in [0.3, 0.4) is 0 Å². The number of aromatic nitrogens is 4. The van der Waals surface area contributed by atoms with Gasteiger partial charge in [0.15, 0.2) is 10.7 Å². The molecular weight excluding hydrogens is 458 g/mol. The number of nitrogens with one attached hydrogen (secondary N) is 1. The van der Waals surface area contributed by atoms with Crippen molar-refractivity contribution in [3.63, 3.8) is 0 Å². The average molecular weight is 482 g/mol. The van der Waals surface area contributed by atoms with Gasteiger partial charge in [-0.3, -0.25) is 4.79 Å². The fraction of sp³-hybridized carbons (Fsp3) is 0.217. The third kappa shape index (κ3) is 4.99. The highest BCUT2D eigenvalue weighted by Gasteiger charge is 2.27. The zero-order chi connectivity index (χ0) is 24.3. The first kappa shape index (κ1) is 23.2. The number of nitrogens with zero attached hydrogens (tertiary/aromatic N) is 4. The standard InChI is InChI=1S/C23H23N5O5S/c1-15-9-11-19(12-10-15)32-14-20-22(18-7-5-4-6-8-18)28(27-24-20)13-21(29)26-34(30,31)23-16(2)25-33-17(23)3/h4-12H,13-14H2,1-3H3,(H,26,29). The topological polar surface area (TPSA) is 129 Å². The maximum Gasteiger partial charge on any atom is 0.269 e. The number of carbonyl (C=O) groups is 1. The first-order chi connectivity index (χ1) is 16.2. The van der Waals surface area contributed by atoms with Crippen molar-refractivity contribution < 1.29 is 22.5 Å². The van der Waals surface area contributed by atoms with Gasteiger partial charge < -0.3 is 9.26 Å². The normalized spacial score (nSPS) is 11.4. The summed E-state index contributed by atoms with van der Waals surface area (Å²) >= 11 is 0. The Morgan fingerprint density at radius 1 is 1.06 bits per heavy atom. The molecule has 0 bridgehead atoms. The second-order valence-electron chi connectivity index (χ2n) is 7.69. The van der Waals surface area contributed by atoms with Gasteiger partial charge in [0.25, 0.3) is 15.9 Å². The summed E-state index contributed by atoms with van der Waals surface area (Å²) in [5, 5.41) is 11.9. The Hall–Kier alpha value is -3.99. The Bertz CT molecular complexity index is 1390. The molecule has 1 amide bonds. The van der Waals surface area contributed by atoms with Crippen LogP contribution in [0.2, 0.25) is 0 Å². The van der Waals surface area contributed by atoms with E-state index in [9.17, 15) is 13.2 Å². The summed E-state index contributed by atoms with van der Waals surface area (Å²) in [6, 6.07) is 16.8. The fourth-order valence-electron chi connectivity index (χ4n) is 3.48. The highest BCUT2D eigenvalue weighted by molar-refractivity contribution is 7.90. The van der Waals surface area contributed by atoms with Gasteiger partial charge in [-0.1, -0.05) is 58.4 Å². The summed E-state index contributed by atoms with van der Waals surface area (Å²) in [7, 11) is -4.16. The minimum absolute atomic E-state index is 0.0964. The van der Waals surface area contributed by atoms with Crippen LogP contribution in [0.4, 0.5) is 0 Å². The van der Waals surface area contributed by atoms with Crippen molar-refractivity contribution in [2.45, 2.75) is 38.8 Å². The molecule has 0 spiro atoms. The molecule has 1 N–H and O–H groups in total. The lowest BCUT2D eigenvalue weighted by Gasteiger charge is -2.10. The molecule has 4 rings (SSSR count). The van der Waals surface area contributed by atoms with E-state index in [-0.39, 0.29) is 29.5 Å². The number of carbonyl (C=O) groups excluding carboxylic acids is 1. The van der Waals surface area contributed by atoms with Crippen LogP contribution in [0.15, 0.2) is 64.0 Å². The van der Waals surface area contributed by atoms with Crippen molar-refractivity contribution >= 4 is 15.9 Å². The zero-order valence-electron chi connectivity index (χ0n) is 18.8. The van der Waals surface area contributed by atoms with Crippen LogP contribution in [0.5, 0.6) is 5.75 Å². The predicted octanol–water partition coefficient (Wildman–Crippen LogP) is 2.94. The number of benzene rings is 2. The third-order valence-corrected chi connectivity index (χ3v) is 6.64. The van der Waals surface area contributed by atoms with Crippen LogP contribution in [-0.4, -0.2) is 34.5 Å². The van der Waals surface area contributed by atoms with Crippen molar-refractivity contribution in [3.8, 4) is 17.0 Å². The summed E-state index contributed by atoms with van der Waals surface area (Å²) in [6.07, 6.45) is 0. The highest BCUT2D eigenvalue weighted by atomic mass is 32.2. The molecule has 0 radical (unpaired) electrons. The molecule has 0 unspecified atom stereocenters. The molecule has 11 heteroatoms. The number of hydrogen-bond donors (Lipinski definition) is 1. The molecule has 34 heavy (non-hydrogen) atoms. The van der Waals surface area contributed by atoms with Gasteiger partial charge in [0.2, 0.25) is 0 Å². The molecule has 2 aromatic heterocycles. The largest absolute Gasteiger partial charge is 0.487 e. The second-order valence-corrected chi connectivity index (χ2v) is 9.31. The average Bonchev–Trinajstić information content (AvgIpc) is 3.35. The van der Waals surface area contributed by atoms with E-state index in [0.29, 0.717) is 17.1 Å². The Morgan fingerprint density at radius 3 is 2.41 bits per heavy atom. The molecule has 0 aliphatic rings. The van der Waals surface area contributed by atoms with E-state index in [4.69, 9.17) is 9.26 Å². The van der Waals surface area contributed by atoms with Gasteiger partial charge in [-0.05, 0) is 32.9 Å². The second kappa shape index (κ2) is 9.48. The smallest absolute Gasteiger partial charge is 0.269 e. The van der Waals surface area contributed by atoms with Crippen LogP contribution in [0.25, 0.3) is 11.3 Å². The van der Waals surface area contributed by atoms with Gasteiger partial charge in [-0.15, -0.1) is 5.10 Å². The highest BCUT2D eigenvalue weighted by Crippen LogP contribution is 2.24. The van der Waals surface area contributed by atoms with Gasteiger partial charge in [0.1, 0.15) is 30.3 Å². The molecule has 176 valence electrons. The minimum Gasteiger partial charge on any atom is -0.487 e. The van der Waals surface area contributed by atoms with E-state index >= 15 is 0 Å². The van der Waals surface area contributed by atoms with Crippen molar-refractivity contribution in [2.24, 2.45) is 0 Å². The predicted molar refractivity (Wildman–Crippen MR) is 122 cm³/mol. The molecule has 4 aromatic rings. The Balaban J connectivity index is 1.57. The first-order valence-corrected chi connectivity index (χ1v) is 11.9. The lowest BCUT2D eigenvalue weighted by molar-refractivity contribution is -0.120. The summed E-state index contributed by atoms with van der Waals surface area (Å²) in [4.78, 5) is 12.5. The van der Waals surface area contributed by atoms with Crippen LogP contribution in [0, 0.1) is 20.8 Å². The zero-order valence-corrected chi connectivity index (χ0v) is 19.7. The summed E-state index contributed by atoms with van der Waals surface area (Å²) in [5.41, 5.74) is 3.10. The molecule has 0 saturated carbocycles. The Kier molecular flexibility index (Phi) is 6.46. The minimum atomic E-state index is -4.16. The van der Waals surface area contributed by atoms with E-state index in [1.54, 1.807) is 0 Å². The van der Waals surface area contributed by atoms with E-state index in [2.05, 4.69) is 20.2 Å². The van der Waals surface area contributed by atoms with E-state index in [1.165, 1.54) is 18.5 Å². The van der Waals surface area contributed by atoms with E-state index in [0.717, 1.165) is 11.1 Å². The quantitative estimate of drug-likeness (QED) is 0.407. The van der Waals surface area contributed by atoms with Crippen LogP contribution < -0.4 is 9.46 Å². The van der Waals surface area contributed by atoms with Crippen molar-refractivity contribution in [2.75, 3.05) is 0 Å². The van der Waals surface area contributed by atoms with Crippen molar-refractivity contribution in [1.82, 2.24) is 24.9 Å². The summed E-state index contributed by atoms with van der Waals surface area (Å²) in [6.45, 7) is 4.68. The summed E-state index contributed by atoms with van der Waals surface area (Å²) < 4.78 is 39.5. The molecule has 0 fully saturated rings. The Morgan fingerprint density at radius 2 is 1.76 bits per heavy atom. The molecule has 2 heterocycles. The monoisotopic (exact) mass is 481 g/mol. The van der Waals surface area contributed by atoms with Crippen LogP contribution in [-0.2, 0) is 28.0 Å². The molecule has 0 aliphatic heterocycles. The van der Waals surface area contributed by atoms with Crippen LogP contribution in [0.1, 0.15) is 22.7 Å². The molecule has 0 atom stereocenters. The number of aryl methyl sites for hydroxylation is 3. The number of hydrogen-bond acceptors (Lipinski definition) is 8. The molecular formula is C23H23N5O5S. The SMILES string of the molecule is Cc1ccc(OCc2nnn(CC(=O)NS(=O)(=O)c3c(C)noc3C)c2-c2ccccc2)cc1. The molecule has 10 nitrogen and oxygen atoms in total. The first-order valence-electron chi connectivity index (χ1n) is 10.4. The van der Waals surface area contributed by atoms with Gasteiger partial charge in [0, 0.05) is 5.56 Å². The third-order valence-electron chi connectivity index (χ3n) is 5.03. The molecule has 0 saturated heterocycles. The fourth-order valence-corrected chi connectivity index (χ4v) is 4.79.